The Morgan fingerprint density at radius 1 is 1.07 bits per heavy atom. The summed E-state index contributed by atoms with van der Waals surface area (Å²) in [5, 5.41) is 9.81. The van der Waals surface area contributed by atoms with E-state index in [0.29, 0.717) is 17.3 Å². The second-order valence-electron chi connectivity index (χ2n) is 7.34. The van der Waals surface area contributed by atoms with Crippen LogP contribution in [0.3, 0.4) is 0 Å². The number of ether oxygens (including phenoxy) is 1. The second-order valence-corrected chi connectivity index (χ2v) is 7.75. The molecule has 0 unspecified atom stereocenters. The molecule has 158 valence electrons. The van der Waals surface area contributed by atoms with Crippen molar-refractivity contribution in [1.29, 1.82) is 0 Å². The zero-order valence-corrected chi connectivity index (χ0v) is 18.4. The molecular formula is C24H29N3O2S. The van der Waals surface area contributed by atoms with Crippen LogP contribution in [0.25, 0.3) is 0 Å². The third kappa shape index (κ3) is 5.60. The molecule has 0 saturated heterocycles. The highest BCUT2D eigenvalue weighted by Crippen LogP contribution is 2.33. The number of unbranched alkanes of at least 4 members (excludes halogenated alkanes) is 3. The molecule has 0 spiro atoms. The Morgan fingerprint density at radius 3 is 2.57 bits per heavy atom. The van der Waals surface area contributed by atoms with Crippen LogP contribution in [-0.4, -0.2) is 17.6 Å². The van der Waals surface area contributed by atoms with E-state index in [1.54, 1.807) is 0 Å². The van der Waals surface area contributed by atoms with Gasteiger partial charge in [-0.2, -0.15) is 0 Å². The summed E-state index contributed by atoms with van der Waals surface area (Å²) in [5.41, 5.74) is 2.97. The molecule has 0 bridgehead atoms. The largest absolute Gasteiger partial charge is 0.493 e. The summed E-state index contributed by atoms with van der Waals surface area (Å²) in [6.45, 7) is 4.72. The lowest BCUT2D eigenvalue weighted by Gasteiger charge is -2.31. The Morgan fingerprint density at radius 2 is 1.80 bits per heavy atom. The van der Waals surface area contributed by atoms with Crippen molar-refractivity contribution in [2.75, 3.05) is 11.9 Å². The number of carbonyl (C=O) groups is 1. The van der Waals surface area contributed by atoms with Crippen LogP contribution in [0.5, 0.6) is 5.75 Å². The Kier molecular flexibility index (Phi) is 7.85. The van der Waals surface area contributed by atoms with E-state index < -0.39 is 6.04 Å². The van der Waals surface area contributed by atoms with E-state index in [1.807, 2.05) is 61.5 Å². The van der Waals surface area contributed by atoms with Crippen LogP contribution in [0.2, 0.25) is 0 Å². The van der Waals surface area contributed by atoms with Crippen molar-refractivity contribution >= 4 is 28.9 Å². The Labute approximate surface area is 183 Å². The van der Waals surface area contributed by atoms with Gasteiger partial charge in [0.05, 0.1) is 18.2 Å². The Bertz CT molecular complexity index is 912. The molecule has 0 saturated carbocycles. The molecule has 1 amide bonds. The first-order valence-electron chi connectivity index (χ1n) is 10.5. The van der Waals surface area contributed by atoms with Crippen LogP contribution in [0, 0.1) is 0 Å². The highest BCUT2D eigenvalue weighted by molar-refractivity contribution is 7.80. The molecule has 0 aromatic heterocycles. The van der Waals surface area contributed by atoms with Gasteiger partial charge in [0.2, 0.25) is 0 Å². The van der Waals surface area contributed by atoms with Gasteiger partial charge in [-0.25, -0.2) is 0 Å². The van der Waals surface area contributed by atoms with Crippen molar-refractivity contribution in [2.24, 2.45) is 0 Å². The Balaban J connectivity index is 1.84. The molecule has 1 heterocycles. The second kappa shape index (κ2) is 10.8. The molecule has 0 fully saturated rings. The van der Waals surface area contributed by atoms with Gasteiger partial charge < -0.3 is 20.7 Å². The first-order chi connectivity index (χ1) is 14.6. The number of benzene rings is 2. The smallest absolute Gasteiger partial charge is 0.255 e. The van der Waals surface area contributed by atoms with Gasteiger partial charge in [-0.15, -0.1) is 0 Å². The SMILES string of the molecule is CCCCCCOc1ccccc1[C@@H]1NC(=S)NC(C)=C1C(=O)Nc1ccccc1. The van der Waals surface area contributed by atoms with Gasteiger partial charge in [-0.1, -0.05) is 62.6 Å². The van der Waals surface area contributed by atoms with Crippen LogP contribution >= 0.6 is 12.2 Å². The predicted octanol–water partition coefficient (Wildman–Crippen LogP) is 5.08. The molecule has 3 rings (SSSR count). The molecule has 2 aromatic carbocycles. The minimum Gasteiger partial charge on any atom is -0.493 e. The van der Waals surface area contributed by atoms with Gasteiger partial charge in [0.1, 0.15) is 5.75 Å². The molecule has 1 atom stereocenters. The zero-order chi connectivity index (χ0) is 21.3. The molecule has 6 heteroatoms. The van der Waals surface area contributed by atoms with E-state index in [2.05, 4.69) is 22.9 Å². The summed E-state index contributed by atoms with van der Waals surface area (Å²) in [6, 6.07) is 16.9. The summed E-state index contributed by atoms with van der Waals surface area (Å²) in [6.07, 6.45) is 4.56. The number of nitrogens with one attached hydrogen (secondary N) is 3. The predicted molar refractivity (Wildman–Crippen MR) is 125 cm³/mol. The average molecular weight is 424 g/mol. The minimum atomic E-state index is -0.394. The van der Waals surface area contributed by atoms with Crippen LogP contribution in [-0.2, 0) is 4.79 Å². The maximum Gasteiger partial charge on any atom is 0.255 e. The summed E-state index contributed by atoms with van der Waals surface area (Å²) >= 11 is 5.38. The van der Waals surface area contributed by atoms with Crippen molar-refractivity contribution in [3.8, 4) is 5.75 Å². The third-order valence-corrected chi connectivity index (χ3v) is 5.25. The molecule has 3 N–H and O–H groups in total. The molecular weight excluding hydrogens is 394 g/mol. The molecule has 1 aliphatic heterocycles. The van der Waals surface area contributed by atoms with Gasteiger partial charge in [-0.3, -0.25) is 4.79 Å². The summed E-state index contributed by atoms with van der Waals surface area (Å²) in [5.74, 6) is 0.595. The number of hydrogen-bond donors (Lipinski definition) is 3. The molecule has 2 aromatic rings. The highest BCUT2D eigenvalue weighted by atomic mass is 32.1. The standard InChI is InChI=1S/C24H29N3O2S/c1-3-4-5-11-16-29-20-15-10-9-14-19(20)22-21(17(2)25-24(30)27-22)23(28)26-18-12-7-6-8-13-18/h6-10,12-15,22H,3-5,11,16H2,1-2H3,(H,26,28)(H2,25,27,30)/t22-/m0/s1. The number of amides is 1. The third-order valence-electron chi connectivity index (χ3n) is 5.03. The normalized spacial score (nSPS) is 15.9. The van der Waals surface area contributed by atoms with E-state index >= 15 is 0 Å². The van der Waals surface area contributed by atoms with Gasteiger partial charge >= 0.3 is 0 Å². The van der Waals surface area contributed by atoms with E-state index in [0.717, 1.165) is 35.5 Å². The zero-order valence-electron chi connectivity index (χ0n) is 17.5. The van der Waals surface area contributed by atoms with E-state index in [-0.39, 0.29) is 5.91 Å². The van der Waals surface area contributed by atoms with Crippen molar-refractivity contribution in [3.63, 3.8) is 0 Å². The summed E-state index contributed by atoms with van der Waals surface area (Å²) < 4.78 is 6.10. The van der Waals surface area contributed by atoms with Crippen LogP contribution < -0.4 is 20.7 Å². The maximum atomic E-state index is 13.2. The van der Waals surface area contributed by atoms with E-state index in [1.165, 1.54) is 12.8 Å². The topological polar surface area (TPSA) is 62.4 Å². The van der Waals surface area contributed by atoms with Gasteiger partial charge in [0.25, 0.3) is 5.91 Å². The fraction of sp³-hybridized carbons (Fsp3) is 0.333. The molecule has 0 aliphatic carbocycles. The molecule has 30 heavy (non-hydrogen) atoms. The molecule has 1 aliphatic rings. The van der Waals surface area contributed by atoms with Crippen LogP contribution in [0.1, 0.15) is 51.1 Å². The van der Waals surface area contributed by atoms with E-state index in [9.17, 15) is 4.79 Å². The number of carbonyl (C=O) groups excluding carboxylic acids is 1. The number of rotatable bonds is 9. The summed E-state index contributed by atoms with van der Waals surface area (Å²) in [7, 11) is 0. The fourth-order valence-corrected chi connectivity index (χ4v) is 3.78. The van der Waals surface area contributed by atoms with Crippen molar-refractivity contribution in [1.82, 2.24) is 10.6 Å². The summed E-state index contributed by atoms with van der Waals surface area (Å²) in [4.78, 5) is 13.2. The average Bonchev–Trinajstić information content (AvgIpc) is 2.74. The monoisotopic (exact) mass is 423 g/mol. The first-order valence-corrected chi connectivity index (χ1v) is 10.9. The van der Waals surface area contributed by atoms with Crippen LogP contribution in [0.4, 0.5) is 5.69 Å². The fourth-order valence-electron chi connectivity index (χ4n) is 3.51. The molecule has 0 radical (unpaired) electrons. The van der Waals surface area contributed by atoms with Crippen molar-refractivity contribution in [2.45, 2.75) is 45.6 Å². The quantitative estimate of drug-likeness (QED) is 0.388. The first kappa shape index (κ1) is 21.8. The van der Waals surface area contributed by atoms with Gasteiger partial charge in [0.15, 0.2) is 5.11 Å². The minimum absolute atomic E-state index is 0.177. The van der Waals surface area contributed by atoms with Crippen molar-refractivity contribution < 1.29 is 9.53 Å². The lowest BCUT2D eigenvalue weighted by molar-refractivity contribution is -0.113. The van der Waals surface area contributed by atoms with Crippen LogP contribution in [0.15, 0.2) is 65.9 Å². The van der Waals surface area contributed by atoms with Gasteiger partial charge in [-0.05, 0) is 43.8 Å². The molecule has 5 nitrogen and oxygen atoms in total. The van der Waals surface area contributed by atoms with Gasteiger partial charge in [0, 0.05) is 16.9 Å². The van der Waals surface area contributed by atoms with Crippen molar-refractivity contribution in [3.05, 3.63) is 71.4 Å². The number of allylic oxidation sites excluding steroid dienone is 1. The number of thiocarbonyl (C=S) groups is 1. The Hall–Kier alpha value is -2.86. The number of hydrogen-bond acceptors (Lipinski definition) is 3. The number of anilines is 1. The number of para-hydroxylation sites is 2. The lowest BCUT2D eigenvalue weighted by Crippen LogP contribution is -2.45. The lowest BCUT2D eigenvalue weighted by atomic mass is 9.94. The highest BCUT2D eigenvalue weighted by Gasteiger charge is 2.31. The maximum absolute atomic E-state index is 13.2. The van der Waals surface area contributed by atoms with E-state index in [4.69, 9.17) is 17.0 Å².